The highest BCUT2D eigenvalue weighted by Crippen LogP contribution is 2.33. The van der Waals surface area contributed by atoms with E-state index in [-0.39, 0.29) is 16.5 Å². The van der Waals surface area contributed by atoms with Crippen LogP contribution in [0.25, 0.3) is 0 Å². The van der Waals surface area contributed by atoms with Crippen LogP contribution >= 0.6 is 27.5 Å². The number of aliphatic hydroxyl groups excluding tert-OH is 1. The Morgan fingerprint density at radius 1 is 1.43 bits per heavy atom. The molecule has 0 spiro atoms. The van der Waals surface area contributed by atoms with Crippen LogP contribution in [0.5, 0.6) is 0 Å². The number of benzene rings is 1. The van der Waals surface area contributed by atoms with Gasteiger partial charge in [0.2, 0.25) is 0 Å². The number of rotatable bonds is 2. The molecule has 1 rings (SSSR count). The fourth-order valence-electron chi connectivity index (χ4n) is 1.15. The van der Waals surface area contributed by atoms with E-state index in [0.29, 0.717) is 4.47 Å². The quantitative estimate of drug-likeness (QED) is 0.814. The van der Waals surface area contributed by atoms with E-state index < -0.39 is 11.9 Å². The van der Waals surface area contributed by atoms with Crippen LogP contribution in [0.1, 0.15) is 25.5 Å². The highest BCUT2D eigenvalue weighted by Gasteiger charge is 2.21. The van der Waals surface area contributed by atoms with Gasteiger partial charge in [0.25, 0.3) is 0 Å². The smallest absolute Gasteiger partial charge is 0.148 e. The van der Waals surface area contributed by atoms with Gasteiger partial charge in [-0.3, -0.25) is 0 Å². The Morgan fingerprint density at radius 3 is 2.50 bits per heavy atom. The van der Waals surface area contributed by atoms with E-state index in [1.165, 1.54) is 6.07 Å². The second kappa shape index (κ2) is 4.60. The Hall–Kier alpha value is -0.120. The van der Waals surface area contributed by atoms with Crippen LogP contribution in [0, 0.1) is 11.7 Å². The summed E-state index contributed by atoms with van der Waals surface area (Å²) in [6.45, 7) is 3.63. The third kappa shape index (κ3) is 2.27. The average Bonchev–Trinajstić information content (AvgIpc) is 2.12. The Kier molecular flexibility index (Phi) is 3.93. The molecule has 0 bridgehead atoms. The lowest BCUT2D eigenvalue weighted by atomic mass is 9.99. The summed E-state index contributed by atoms with van der Waals surface area (Å²) in [6, 6.07) is 3.09. The van der Waals surface area contributed by atoms with E-state index in [4.69, 9.17) is 11.6 Å². The largest absolute Gasteiger partial charge is 0.388 e. The predicted molar refractivity (Wildman–Crippen MR) is 58.9 cm³/mol. The molecule has 0 saturated carbocycles. The summed E-state index contributed by atoms with van der Waals surface area (Å²) < 4.78 is 14.1. The van der Waals surface area contributed by atoms with Crippen molar-refractivity contribution in [2.75, 3.05) is 0 Å². The minimum atomic E-state index is -0.844. The lowest BCUT2D eigenvalue weighted by Gasteiger charge is -2.17. The maximum Gasteiger partial charge on any atom is 0.148 e. The highest BCUT2D eigenvalue weighted by atomic mass is 79.9. The molecular weight excluding hydrogens is 270 g/mol. The van der Waals surface area contributed by atoms with Gasteiger partial charge >= 0.3 is 0 Å². The molecule has 0 amide bonds. The molecule has 4 heteroatoms. The molecule has 0 heterocycles. The standard InChI is InChI=1S/C10H11BrClFO/c1-5(2)10(14)8-6(11)3-4-7(12)9(8)13/h3-5,10,14H,1-2H3. The zero-order chi connectivity index (χ0) is 10.9. The summed E-state index contributed by atoms with van der Waals surface area (Å²) in [5.41, 5.74) is 0.229. The molecule has 14 heavy (non-hydrogen) atoms. The van der Waals surface area contributed by atoms with E-state index in [9.17, 15) is 9.50 Å². The maximum absolute atomic E-state index is 13.6. The molecule has 0 aliphatic carbocycles. The molecule has 1 unspecified atom stereocenters. The number of hydrogen-bond acceptors (Lipinski definition) is 1. The first kappa shape index (κ1) is 12.0. The first-order valence-electron chi connectivity index (χ1n) is 4.26. The van der Waals surface area contributed by atoms with Gasteiger partial charge in [0.1, 0.15) is 5.82 Å². The average molecular weight is 282 g/mol. The molecule has 78 valence electrons. The predicted octanol–water partition coefficient (Wildman–Crippen LogP) is 3.93. The fraction of sp³-hybridized carbons (Fsp3) is 0.400. The van der Waals surface area contributed by atoms with Crippen LogP contribution in [0.3, 0.4) is 0 Å². The third-order valence-electron chi connectivity index (χ3n) is 2.01. The summed E-state index contributed by atoms with van der Waals surface area (Å²) in [4.78, 5) is 0. The van der Waals surface area contributed by atoms with Crippen molar-refractivity contribution in [1.82, 2.24) is 0 Å². The van der Waals surface area contributed by atoms with Crippen molar-refractivity contribution in [2.45, 2.75) is 20.0 Å². The highest BCUT2D eigenvalue weighted by molar-refractivity contribution is 9.10. The number of hydrogen-bond donors (Lipinski definition) is 1. The Morgan fingerprint density at radius 2 is 2.00 bits per heavy atom. The zero-order valence-electron chi connectivity index (χ0n) is 7.89. The Labute approximate surface area is 96.0 Å². The van der Waals surface area contributed by atoms with Gasteiger partial charge in [-0.15, -0.1) is 0 Å². The second-order valence-corrected chi connectivity index (χ2v) is 4.71. The number of aliphatic hydroxyl groups is 1. The normalized spacial score (nSPS) is 13.4. The van der Waals surface area contributed by atoms with Crippen LogP contribution in [-0.2, 0) is 0 Å². The van der Waals surface area contributed by atoms with Crippen molar-refractivity contribution in [1.29, 1.82) is 0 Å². The van der Waals surface area contributed by atoms with E-state index in [2.05, 4.69) is 15.9 Å². The van der Waals surface area contributed by atoms with Crippen LogP contribution in [0.15, 0.2) is 16.6 Å². The molecular formula is C10H11BrClFO. The van der Waals surface area contributed by atoms with Gasteiger partial charge in [0.05, 0.1) is 11.1 Å². The summed E-state index contributed by atoms with van der Waals surface area (Å²) in [7, 11) is 0. The number of halogens is 3. The van der Waals surface area contributed by atoms with Crippen molar-refractivity contribution in [2.24, 2.45) is 5.92 Å². The fourth-order valence-corrected chi connectivity index (χ4v) is 1.85. The first-order valence-corrected chi connectivity index (χ1v) is 5.43. The van der Waals surface area contributed by atoms with Crippen molar-refractivity contribution >= 4 is 27.5 Å². The molecule has 1 nitrogen and oxygen atoms in total. The van der Waals surface area contributed by atoms with Gasteiger partial charge in [0.15, 0.2) is 0 Å². The van der Waals surface area contributed by atoms with Crippen LogP contribution in [0.2, 0.25) is 5.02 Å². The molecule has 0 aliphatic rings. The van der Waals surface area contributed by atoms with E-state index in [1.54, 1.807) is 6.07 Å². The monoisotopic (exact) mass is 280 g/mol. The van der Waals surface area contributed by atoms with Crippen LogP contribution in [0.4, 0.5) is 4.39 Å². The molecule has 0 radical (unpaired) electrons. The van der Waals surface area contributed by atoms with Crippen molar-refractivity contribution < 1.29 is 9.50 Å². The Balaban J connectivity index is 3.25. The van der Waals surface area contributed by atoms with Crippen molar-refractivity contribution in [3.63, 3.8) is 0 Å². The molecule has 0 saturated heterocycles. The lowest BCUT2D eigenvalue weighted by molar-refractivity contribution is 0.122. The van der Waals surface area contributed by atoms with Gasteiger partial charge in [-0.25, -0.2) is 4.39 Å². The molecule has 0 aliphatic heterocycles. The molecule has 1 aromatic rings. The van der Waals surface area contributed by atoms with Gasteiger partial charge in [0, 0.05) is 10.0 Å². The molecule has 1 aromatic carbocycles. The minimum absolute atomic E-state index is 0.0305. The summed E-state index contributed by atoms with van der Waals surface area (Å²) in [5.74, 6) is -0.610. The SMILES string of the molecule is CC(C)C(O)c1c(Br)ccc(Cl)c1F. The molecule has 0 fully saturated rings. The molecule has 1 N–H and O–H groups in total. The van der Waals surface area contributed by atoms with E-state index in [0.717, 1.165) is 0 Å². The second-order valence-electron chi connectivity index (χ2n) is 3.45. The summed E-state index contributed by atoms with van der Waals surface area (Å²) in [6.07, 6.45) is -0.844. The topological polar surface area (TPSA) is 20.2 Å². The van der Waals surface area contributed by atoms with Crippen molar-refractivity contribution in [3.8, 4) is 0 Å². The molecule has 0 aromatic heterocycles. The lowest BCUT2D eigenvalue weighted by Crippen LogP contribution is -2.08. The van der Waals surface area contributed by atoms with Crippen LogP contribution in [-0.4, -0.2) is 5.11 Å². The maximum atomic E-state index is 13.6. The molecule has 1 atom stereocenters. The van der Waals surface area contributed by atoms with E-state index in [1.807, 2.05) is 13.8 Å². The van der Waals surface area contributed by atoms with Gasteiger partial charge < -0.3 is 5.11 Å². The summed E-state index contributed by atoms with van der Waals surface area (Å²) >= 11 is 8.82. The third-order valence-corrected chi connectivity index (χ3v) is 2.99. The summed E-state index contributed by atoms with van der Waals surface area (Å²) in [5, 5.41) is 9.79. The van der Waals surface area contributed by atoms with Crippen LogP contribution < -0.4 is 0 Å². The zero-order valence-corrected chi connectivity index (χ0v) is 10.2. The van der Waals surface area contributed by atoms with Gasteiger partial charge in [-0.2, -0.15) is 0 Å². The Bertz CT molecular complexity index is 341. The van der Waals surface area contributed by atoms with Gasteiger partial charge in [-0.05, 0) is 18.1 Å². The van der Waals surface area contributed by atoms with Gasteiger partial charge in [-0.1, -0.05) is 41.4 Å². The van der Waals surface area contributed by atoms with Crippen molar-refractivity contribution in [3.05, 3.63) is 33.0 Å². The van der Waals surface area contributed by atoms with E-state index >= 15 is 0 Å². The minimum Gasteiger partial charge on any atom is -0.388 e. The first-order chi connectivity index (χ1) is 6.45.